The molecule has 0 saturated heterocycles. The summed E-state index contributed by atoms with van der Waals surface area (Å²) in [4.78, 5) is 0. The minimum Gasteiger partial charge on any atom is -0.388 e. The average Bonchev–Trinajstić information content (AvgIpc) is 3.56. The summed E-state index contributed by atoms with van der Waals surface area (Å²) < 4.78 is 3.55. The van der Waals surface area contributed by atoms with Crippen molar-refractivity contribution in [3.63, 3.8) is 0 Å². The van der Waals surface area contributed by atoms with Crippen LogP contribution in [0.25, 0.3) is 22.5 Å². The van der Waals surface area contributed by atoms with E-state index in [2.05, 4.69) is 52.5 Å². The molecule has 0 fully saturated rings. The van der Waals surface area contributed by atoms with Crippen LogP contribution in [0.15, 0.2) is 57.8 Å². The van der Waals surface area contributed by atoms with Crippen molar-refractivity contribution in [2.75, 3.05) is 0 Å². The zero-order valence-corrected chi connectivity index (χ0v) is 21.5. The molecule has 3 aromatic rings. The van der Waals surface area contributed by atoms with Gasteiger partial charge in [0.1, 0.15) is 60.1 Å². The van der Waals surface area contributed by atoms with Gasteiger partial charge in [-0.1, -0.05) is 66.6 Å². The van der Waals surface area contributed by atoms with Crippen LogP contribution in [0.1, 0.15) is 12.1 Å². The number of rotatable bonds is 4. The molecule has 2 aromatic heterocycles. The van der Waals surface area contributed by atoms with E-state index in [0.29, 0.717) is 20.4 Å². The summed E-state index contributed by atoms with van der Waals surface area (Å²) in [5.74, 6) is 0. The molecule has 0 spiro atoms. The van der Waals surface area contributed by atoms with Crippen molar-refractivity contribution in [2.45, 2.75) is 48.7 Å². The highest BCUT2D eigenvalue weighted by molar-refractivity contribution is 9.12. The first-order chi connectivity index (χ1) is 17.2. The van der Waals surface area contributed by atoms with Gasteiger partial charge >= 0.3 is 0 Å². The normalized spacial score (nSPS) is 32.8. The fraction of sp³-hybridized carbons (Fsp3) is 0.364. The molecular weight excluding hydrogens is 604 g/mol. The van der Waals surface area contributed by atoms with Crippen LogP contribution in [0, 0.1) is 0 Å². The third-order valence-electron chi connectivity index (χ3n) is 6.38. The second-order valence-electron chi connectivity index (χ2n) is 8.68. The topological polar surface area (TPSA) is 183 Å². The van der Waals surface area contributed by atoms with Crippen LogP contribution in [-0.2, 0) is 0 Å². The van der Waals surface area contributed by atoms with Crippen molar-refractivity contribution < 1.29 is 30.6 Å². The molecule has 1 aromatic carbocycles. The molecule has 2 aliphatic carbocycles. The van der Waals surface area contributed by atoms with Crippen molar-refractivity contribution in [3.05, 3.63) is 57.8 Å². The van der Waals surface area contributed by atoms with Gasteiger partial charge in [0, 0.05) is 20.1 Å². The summed E-state index contributed by atoms with van der Waals surface area (Å²) in [6.45, 7) is 0. The first-order valence-electron chi connectivity index (χ1n) is 10.9. The van der Waals surface area contributed by atoms with E-state index >= 15 is 0 Å². The Bertz CT molecular complexity index is 1210. The molecule has 2 heterocycles. The number of hydrogen-bond acceptors (Lipinski definition) is 10. The van der Waals surface area contributed by atoms with Crippen molar-refractivity contribution in [1.29, 1.82) is 0 Å². The SMILES string of the molecule is O[C@H]1[C@H](O)[C@@H](n2cc(-c3ccc(-c4cn([C@H]5C=C(Br)[C@@H](O)[C@@H](O)[C@@H]5O)nn4)cc3)nn2)C=C(Br)[C@H]1O. The summed E-state index contributed by atoms with van der Waals surface area (Å²) >= 11 is 6.41. The van der Waals surface area contributed by atoms with E-state index in [1.807, 2.05) is 24.3 Å². The molecule has 12 nitrogen and oxygen atoms in total. The Morgan fingerprint density at radius 2 is 0.944 bits per heavy atom. The minimum atomic E-state index is -1.37. The Hall–Kier alpha value is -2.30. The van der Waals surface area contributed by atoms with Gasteiger partial charge in [-0.3, -0.25) is 0 Å². The molecular formula is C22H22Br2N6O6. The van der Waals surface area contributed by atoms with E-state index in [0.717, 1.165) is 11.1 Å². The van der Waals surface area contributed by atoms with Crippen LogP contribution < -0.4 is 0 Å². The van der Waals surface area contributed by atoms with Gasteiger partial charge in [-0.2, -0.15) is 0 Å². The lowest BCUT2D eigenvalue weighted by Crippen LogP contribution is -2.45. The lowest BCUT2D eigenvalue weighted by atomic mass is 9.94. The maximum absolute atomic E-state index is 10.3. The molecule has 190 valence electrons. The molecule has 36 heavy (non-hydrogen) atoms. The standard InChI is InChI=1S/C22H22Br2N6O6/c23-11-5-15(19(33)21(35)17(11)31)29-7-13(25-27-29)9-1-2-10(4-3-9)14-8-30(28-26-14)16-6-12(24)18(32)22(36)20(16)34/h1-8,15-22,31-36H/t15-,16-,17+,18+,19+,20+,21+,22+/m0/s1. The smallest absolute Gasteiger partial charge is 0.114 e. The summed E-state index contributed by atoms with van der Waals surface area (Å²) in [5.41, 5.74) is 2.57. The lowest BCUT2D eigenvalue weighted by Gasteiger charge is -2.32. The number of aliphatic hydroxyl groups is 6. The molecule has 0 saturated carbocycles. The largest absolute Gasteiger partial charge is 0.388 e. The Labute approximate surface area is 221 Å². The van der Waals surface area contributed by atoms with Gasteiger partial charge < -0.3 is 30.6 Å². The highest BCUT2D eigenvalue weighted by Gasteiger charge is 2.39. The monoisotopic (exact) mass is 624 g/mol. The highest BCUT2D eigenvalue weighted by Crippen LogP contribution is 2.33. The van der Waals surface area contributed by atoms with Gasteiger partial charge in [-0.25, -0.2) is 9.36 Å². The molecule has 5 rings (SSSR count). The molecule has 0 aliphatic heterocycles. The summed E-state index contributed by atoms with van der Waals surface area (Å²) in [7, 11) is 0. The fourth-order valence-corrected chi connectivity index (χ4v) is 5.29. The molecule has 6 N–H and O–H groups in total. The van der Waals surface area contributed by atoms with Gasteiger partial charge in [0.05, 0.1) is 12.4 Å². The zero-order valence-electron chi connectivity index (χ0n) is 18.4. The van der Waals surface area contributed by atoms with Gasteiger partial charge in [0.15, 0.2) is 0 Å². The fourth-order valence-electron chi connectivity index (χ4n) is 4.21. The number of aliphatic hydroxyl groups excluding tert-OH is 6. The van der Waals surface area contributed by atoms with Crippen LogP contribution in [0.5, 0.6) is 0 Å². The second kappa shape index (κ2) is 9.87. The summed E-state index contributed by atoms with van der Waals surface area (Å²) in [5, 5.41) is 77.1. The van der Waals surface area contributed by atoms with Gasteiger partial charge in [-0.05, 0) is 12.2 Å². The van der Waals surface area contributed by atoms with Crippen LogP contribution >= 0.6 is 31.9 Å². The first kappa shape index (κ1) is 25.4. The molecule has 0 bridgehead atoms. The maximum atomic E-state index is 10.3. The quantitative estimate of drug-likeness (QED) is 0.231. The number of halogens is 2. The molecule has 8 atom stereocenters. The van der Waals surface area contributed by atoms with Gasteiger partial charge in [0.25, 0.3) is 0 Å². The van der Waals surface area contributed by atoms with Gasteiger partial charge in [-0.15, -0.1) is 10.2 Å². The molecule has 0 radical (unpaired) electrons. The van der Waals surface area contributed by atoms with Crippen molar-refractivity contribution >= 4 is 31.9 Å². The first-order valence-corrected chi connectivity index (χ1v) is 12.5. The molecule has 0 amide bonds. The number of benzene rings is 1. The Morgan fingerprint density at radius 1 is 0.583 bits per heavy atom. The predicted molar refractivity (Wildman–Crippen MR) is 133 cm³/mol. The van der Waals surface area contributed by atoms with Gasteiger partial charge in [0.2, 0.25) is 0 Å². The summed E-state index contributed by atoms with van der Waals surface area (Å²) in [6, 6.07) is 5.84. The zero-order chi connectivity index (χ0) is 25.7. The number of nitrogens with zero attached hydrogens (tertiary/aromatic N) is 6. The lowest BCUT2D eigenvalue weighted by molar-refractivity contribution is -0.0654. The van der Waals surface area contributed by atoms with E-state index < -0.39 is 48.7 Å². The molecule has 2 aliphatic rings. The highest BCUT2D eigenvalue weighted by atomic mass is 79.9. The molecule has 14 heteroatoms. The predicted octanol–water partition coefficient (Wildman–Crippen LogP) is 0.0360. The van der Waals surface area contributed by atoms with Crippen LogP contribution in [0.4, 0.5) is 0 Å². The van der Waals surface area contributed by atoms with Crippen LogP contribution in [-0.4, -0.2) is 97.3 Å². The Balaban J connectivity index is 1.35. The number of aromatic nitrogens is 6. The third-order valence-corrected chi connectivity index (χ3v) is 7.85. The number of hydrogen-bond donors (Lipinski definition) is 6. The third kappa shape index (κ3) is 4.48. The van der Waals surface area contributed by atoms with E-state index in [-0.39, 0.29) is 0 Å². The van der Waals surface area contributed by atoms with E-state index in [1.165, 1.54) is 9.36 Å². The average molecular weight is 626 g/mol. The van der Waals surface area contributed by atoms with E-state index in [1.54, 1.807) is 24.5 Å². The Kier molecular flexibility index (Phi) is 6.95. The van der Waals surface area contributed by atoms with Crippen molar-refractivity contribution in [1.82, 2.24) is 30.0 Å². The second-order valence-corrected chi connectivity index (χ2v) is 10.5. The van der Waals surface area contributed by atoms with Crippen LogP contribution in [0.2, 0.25) is 0 Å². The van der Waals surface area contributed by atoms with Crippen molar-refractivity contribution in [3.8, 4) is 22.5 Å². The summed E-state index contributed by atoms with van der Waals surface area (Å²) in [6.07, 6.45) is -1.26. The maximum Gasteiger partial charge on any atom is 0.114 e. The minimum absolute atomic E-state index is 0.356. The van der Waals surface area contributed by atoms with Crippen molar-refractivity contribution in [2.24, 2.45) is 0 Å². The molecule has 0 unspecified atom stereocenters. The van der Waals surface area contributed by atoms with Crippen LogP contribution in [0.3, 0.4) is 0 Å². The van der Waals surface area contributed by atoms with E-state index in [4.69, 9.17) is 0 Å². The Morgan fingerprint density at radius 3 is 1.31 bits per heavy atom. The van der Waals surface area contributed by atoms with E-state index in [9.17, 15) is 30.6 Å².